The van der Waals surface area contributed by atoms with Gasteiger partial charge in [-0.15, -0.1) is 10.2 Å². The second kappa shape index (κ2) is 10.6. The van der Waals surface area contributed by atoms with Gasteiger partial charge in [-0.3, -0.25) is 10.2 Å². The molecule has 0 saturated carbocycles. The van der Waals surface area contributed by atoms with Gasteiger partial charge < -0.3 is 19.4 Å². The maximum absolute atomic E-state index is 13.1. The van der Waals surface area contributed by atoms with E-state index in [9.17, 15) is 9.59 Å². The van der Waals surface area contributed by atoms with Crippen LogP contribution >= 0.6 is 0 Å². The molecule has 0 spiro atoms. The third kappa shape index (κ3) is 6.14. The number of fused-ring (bicyclic) bond motifs is 2. The Kier molecular flexibility index (Phi) is 7.48. The Bertz CT molecular complexity index is 1080. The molecule has 0 unspecified atom stereocenters. The van der Waals surface area contributed by atoms with Gasteiger partial charge in [0.2, 0.25) is 11.8 Å². The summed E-state index contributed by atoms with van der Waals surface area (Å²) in [6.07, 6.45) is 0.916. The van der Waals surface area contributed by atoms with Gasteiger partial charge in [0.15, 0.2) is 0 Å². The Morgan fingerprint density at radius 2 is 2.00 bits per heavy atom. The molecule has 0 aliphatic carbocycles. The summed E-state index contributed by atoms with van der Waals surface area (Å²) in [5.41, 5.74) is 0.407. The van der Waals surface area contributed by atoms with Crippen molar-refractivity contribution in [3.63, 3.8) is 0 Å². The van der Waals surface area contributed by atoms with Gasteiger partial charge in [-0.1, -0.05) is 43.8 Å². The molecule has 3 atom stereocenters. The first-order valence-corrected chi connectivity index (χ1v) is 12.1. The molecule has 2 bridgehead atoms. The normalized spacial score (nSPS) is 20.3. The number of hydroxylamine groups is 2. The number of aromatic nitrogens is 2. The lowest BCUT2D eigenvalue weighted by molar-refractivity contribution is -0.140. The van der Waals surface area contributed by atoms with Crippen LogP contribution in [0.5, 0.6) is 0 Å². The average molecular weight is 499 g/mol. The molecule has 194 valence electrons. The topological polar surface area (TPSA) is 122 Å². The summed E-state index contributed by atoms with van der Waals surface area (Å²) in [6, 6.07) is 9.30. The first-order valence-electron chi connectivity index (χ1n) is 12.1. The Morgan fingerprint density at radius 3 is 2.72 bits per heavy atom. The van der Waals surface area contributed by atoms with Crippen LogP contribution in [-0.4, -0.2) is 57.0 Å². The third-order valence-corrected chi connectivity index (χ3v) is 5.97. The summed E-state index contributed by atoms with van der Waals surface area (Å²) in [4.78, 5) is 32.5. The van der Waals surface area contributed by atoms with Crippen LogP contribution in [0.3, 0.4) is 0 Å². The maximum atomic E-state index is 13.1. The van der Waals surface area contributed by atoms with Crippen LogP contribution in [0.2, 0.25) is 0 Å². The highest BCUT2D eigenvalue weighted by Crippen LogP contribution is 2.38. The second-order valence-corrected chi connectivity index (χ2v) is 10.1. The van der Waals surface area contributed by atoms with Crippen LogP contribution in [0.1, 0.15) is 69.8 Å². The predicted molar refractivity (Wildman–Crippen MR) is 130 cm³/mol. The number of urea groups is 1. The van der Waals surface area contributed by atoms with E-state index in [1.807, 2.05) is 37.3 Å². The number of nitrogens with zero attached hydrogens (tertiary/aromatic N) is 4. The predicted octanol–water partition coefficient (Wildman–Crippen LogP) is 3.83. The van der Waals surface area contributed by atoms with E-state index in [0.29, 0.717) is 43.7 Å². The summed E-state index contributed by atoms with van der Waals surface area (Å²) in [5, 5.41) is 15.5. The number of ether oxygens (including phenoxy) is 1. The van der Waals surface area contributed by atoms with Crippen molar-refractivity contribution in [3.05, 3.63) is 60.1 Å². The number of nitrogens with one attached hydrogen (secondary N) is 2. The first-order chi connectivity index (χ1) is 17.1. The number of piperidine rings is 1. The molecule has 3 heterocycles. The zero-order chi connectivity index (χ0) is 25.9. The zero-order valence-corrected chi connectivity index (χ0v) is 21.2. The quantitative estimate of drug-likeness (QED) is 0.535. The minimum absolute atomic E-state index is 0.00598. The summed E-state index contributed by atoms with van der Waals surface area (Å²) in [5.74, 6) is 1.01. The van der Waals surface area contributed by atoms with Gasteiger partial charge in [-0.05, 0) is 39.2 Å². The van der Waals surface area contributed by atoms with Crippen LogP contribution in [0.4, 0.5) is 9.59 Å². The summed E-state index contributed by atoms with van der Waals surface area (Å²) in [7, 11) is 0. The standard InChI is InChI=1S/C25H34N6O5/c1-16(13-26-17(2)27-23(32)36-25(3,4)5)21-28-29-22(35-21)20-12-11-19-14-30(20)24(33)31(19)34-15-18-9-7-6-8-10-18/h6-10,16,19-20,26H,2,11-15H2,1,3-5H3,(H,27,32)/t16-,19+,20-/m0/s1. The fourth-order valence-electron chi connectivity index (χ4n) is 4.19. The van der Waals surface area contributed by atoms with Gasteiger partial charge in [0, 0.05) is 13.1 Å². The molecule has 2 saturated heterocycles. The van der Waals surface area contributed by atoms with Crippen LogP contribution in [0, 0.1) is 0 Å². The third-order valence-electron chi connectivity index (χ3n) is 5.97. The molecule has 11 nitrogen and oxygen atoms in total. The molecular weight excluding hydrogens is 464 g/mol. The number of carbonyl (C=O) groups is 2. The minimum Gasteiger partial charge on any atom is -0.444 e. The lowest BCUT2D eigenvalue weighted by atomic mass is 10.0. The molecule has 2 aromatic rings. The van der Waals surface area contributed by atoms with Gasteiger partial charge in [0.1, 0.15) is 24.1 Å². The smallest absolute Gasteiger partial charge is 0.413 e. The lowest BCUT2D eigenvalue weighted by Gasteiger charge is -2.27. The van der Waals surface area contributed by atoms with Crippen LogP contribution < -0.4 is 10.6 Å². The largest absolute Gasteiger partial charge is 0.444 e. The number of benzene rings is 1. The van der Waals surface area contributed by atoms with E-state index in [0.717, 1.165) is 12.0 Å². The van der Waals surface area contributed by atoms with E-state index < -0.39 is 11.7 Å². The molecule has 4 rings (SSSR count). The van der Waals surface area contributed by atoms with E-state index in [1.54, 1.807) is 25.7 Å². The van der Waals surface area contributed by atoms with E-state index in [4.69, 9.17) is 14.0 Å². The molecule has 3 amide bonds. The minimum atomic E-state index is -0.598. The van der Waals surface area contributed by atoms with Gasteiger partial charge in [0.25, 0.3) is 0 Å². The van der Waals surface area contributed by atoms with Crippen molar-refractivity contribution in [2.45, 2.75) is 70.7 Å². The highest BCUT2D eigenvalue weighted by molar-refractivity contribution is 5.77. The Balaban J connectivity index is 1.29. The van der Waals surface area contributed by atoms with E-state index in [2.05, 4.69) is 27.4 Å². The zero-order valence-electron chi connectivity index (χ0n) is 21.2. The molecule has 2 N–H and O–H groups in total. The number of hydrogen-bond acceptors (Lipinski definition) is 8. The Hall–Kier alpha value is -3.60. The van der Waals surface area contributed by atoms with Crippen molar-refractivity contribution in [3.8, 4) is 0 Å². The monoisotopic (exact) mass is 498 g/mol. The van der Waals surface area contributed by atoms with Gasteiger partial charge in [0.05, 0.1) is 12.0 Å². The number of rotatable bonds is 9. The maximum Gasteiger partial charge on any atom is 0.413 e. The molecule has 2 fully saturated rings. The van der Waals surface area contributed by atoms with E-state index >= 15 is 0 Å². The summed E-state index contributed by atoms with van der Waals surface area (Å²) < 4.78 is 11.2. The van der Waals surface area contributed by atoms with Gasteiger partial charge in [-0.25, -0.2) is 9.59 Å². The Labute approximate surface area is 210 Å². The van der Waals surface area contributed by atoms with Crippen molar-refractivity contribution >= 4 is 12.1 Å². The van der Waals surface area contributed by atoms with Crippen LogP contribution in [0.15, 0.2) is 47.1 Å². The fraction of sp³-hybridized carbons (Fsp3) is 0.520. The molecule has 0 radical (unpaired) electrons. The molecule has 1 aromatic heterocycles. The second-order valence-electron chi connectivity index (χ2n) is 10.1. The van der Waals surface area contributed by atoms with Gasteiger partial charge in [-0.2, -0.15) is 5.06 Å². The number of hydrogen-bond donors (Lipinski definition) is 2. The molecule has 2 aliphatic heterocycles. The molecular formula is C25H34N6O5. The van der Waals surface area contributed by atoms with Crippen molar-refractivity contribution in [1.29, 1.82) is 0 Å². The number of carbonyl (C=O) groups excluding carboxylic acids is 2. The Morgan fingerprint density at radius 1 is 1.25 bits per heavy atom. The van der Waals surface area contributed by atoms with E-state index in [1.165, 1.54) is 5.06 Å². The molecule has 36 heavy (non-hydrogen) atoms. The van der Waals surface area contributed by atoms with Crippen molar-refractivity contribution in [1.82, 2.24) is 30.8 Å². The van der Waals surface area contributed by atoms with Crippen molar-refractivity contribution in [2.24, 2.45) is 0 Å². The van der Waals surface area contributed by atoms with Crippen molar-refractivity contribution < 1.29 is 23.6 Å². The highest BCUT2D eigenvalue weighted by Gasteiger charge is 2.47. The van der Waals surface area contributed by atoms with Crippen LogP contribution in [-0.2, 0) is 16.2 Å². The lowest BCUT2D eigenvalue weighted by Crippen LogP contribution is -2.36. The summed E-state index contributed by atoms with van der Waals surface area (Å²) >= 11 is 0. The molecule has 2 aliphatic rings. The number of amides is 3. The first kappa shape index (κ1) is 25.5. The van der Waals surface area contributed by atoms with Gasteiger partial charge >= 0.3 is 12.1 Å². The SMILES string of the molecule is C=C(NC[C@H](C)c1nnc([C@@H]2CC[C@@H]3CN2C(=O)N3OCc2ccccc2)o1)NC(=O)OC(C)(C)C. The summed E-state index contributed by atoms with van der Waals surface area (Å²) in [6.45, 7) is 12.4. The molecule has 1 aromatic carbocycles. The van der Waals surface area contributed by atoms with Crippen LogP contribution in [0.25, 0.3) is 0 Å². The molecule has 11 heteroatoms. The highest BCUT2D eigenvalue weighted by atomic mass is 16.7. The fourth-order valence-corrected chi connectivity index (χ4v) is 4.19. The number of alkyl carbamates (subject to hydrolysis) is 1. The van der Waals surface area contributed by atoms with E-state index in [-0.39, 0.29) is 24.0 Å². The van der Waals surface area contributed by atoms with Crippen molar-refractivity contribution in [2.75, 3.05) is 13.1 Å². The average Bonchev–Trinajstić information content (AvgIpc) is 3.40.